The molecule has 0 aliphatic carbocycles. The summed E-state index contributed by atoms with van der Waals surface area (Å²) >= 11 is 1.64. The average Bonchev–Trinajstić information content (AvgIpc) is 2.56. The maximum atomic E-state index is 14.5. The van der Waals surface area contributed by atoms with Crippen LogP contribution in [-0.4, -0.2) is 16.2 Å². The lowest BCUT2D eigenvalue weighted by atomic mass is 10.0. The van der Waals surface area contributed by atoms with Crippen molar-refractivity contribution in [3.05, 3.63) is 60.7 Å². The van der Waals surface area contributed by atoms with Crippen LogP contribution in [0.15, 0.2) is 59.8 Å². The first-order valence-corrected chi connectivity index (χ1v) is 7.92. The summed E-state index contributed by atoms with van der Waals surface area (Å²) in [6.45, 7) is 0. The molecule has 1 aromatic heterocycles. The Morgan fingerprint density at radius 3 is 2.36 bits per heavy atom. The van der Waals surface area contributed by atoms with Gasteiger partial charge in [0.05, 0.1) is 0 Å². The molecule has 0 radical (unpaired) electrons. The first-order valence-electron chi connectivity index (χ1n) is 6.70. The summed E-state index contributed by atoms with van der Waals surface area (Å²) in [7, 11) is 0. The van der Waals surface area contributed by atoms with Crippen LogP contribution in [-0.2, 0) is 0 Å². The van der Waals surface area contributed by atoms with Crippen molar-refractivity contribution in [3.63, 3.8) is 0 Å². The van der Waals surface area contributed by atoms with Crippen LogP contribution < -0.4 is 5.73 Å². The normalized spacial score (nSPS) is 10.6. The standard InChI is InChI=1S/C17H14FN3S/c1-22-16-5-3-2-4-14(16)11-6-7-13(15(18)8-11)12-9-20-17(19)21-10-12/h2-10H,1H3,(H2,19,20,21). The molecular formula is C17H14FN3S. The molecule has 0 unspecified atom stereocenters. The van der Waals surface area contributed by atoms with Crippen LogP contribution in [0.25, 0.3) is 22.3 Å². The molecule has 3 aromatic rings. The molecule has 0 bridgehead atoms. The molecule has 0 fully saturated rings. The predicted octanol–water partition coefficient (Wildman–Crippen LogP) is 4.25. The molecule has 2 aromatic carbocycles. The fraction of sp³-hybridized carbons (Fsp3) is 0.0588. The van der Waals surface area contributed by atoms with Crippen molar-refractivity contribution in [1.82, 2.24) is 9.97 Å². The Balaban J connectivity index is 2.04. The summed E-state index contributed by atoms with van der Waals surface area (Å²) in [5, 5.41) is 0. The third-order valence-electron chi connectivity index (χ3n) is 3.37. The molecule has 3 rings (SSSR count). The summed E-state index contributed by atoms with van der Waals surface area (Å²) < 4.78 is 14.5. The first kappa shape index (κ1) is 14.5. The van der Waals surface area contributed by atoms with E-state index in [9.17, 15) is 4.39 Å². The number of nitrogen functional groups attached to an aromatic ring is 1. The fourth-order valence-corrected chi connectivity index (χ4v) is 2.90. The van der Waals surface area contributed by atoms with Crippen molar-refractivity contribution < 1.29 is 4.39 Å². The highest BCUT2D eigenvalue weighted by molar-refractivity contribution is 7.98. The third-order valence-corrected chi connectivity index (χ3v) is 4.17. The molecule has 0 amide bonds. The molecule has 0 saturated heterocycles. The predicted molar refractivity (Wildman–Crippen MR) is 89.1 cm³/mol. The second kappa shape index (κ2) is 6.15. The van der Waals surface area contributed by atoms with E-state index in [0.29, 0.717) is 11.1 Å². The highest BCUT2D eigenvalue weighted by Crippen LogP contribution is 2.32. The Morgan fingerprint density at radius 2 is 1.68 bits per heavy atom. The van der Waals surface area contributed by atoms with Gasteiger partial charge in [0.2, 0.25) is 5.95 Å². The minimum absolute atomic E-state index is 0.176. The lowest BCUT2D eigenvalue weighted by Gasteiger charge is -2.09. The molecule has 5 heteroatoms. The molecule has 110 valence electrons. The van der Waals surface area contributed by atoms with Gasteiger partial charge in [0, 0.05) is 28.4 Å². The number of benzene rings is 2. The summed E-state index contributed by atoms with van der Waals surface area (Å²) in [5.41, 5.74) is 8.40. The Labute approximate surface area is 132 Å². The van der Waals surface area contributed by atoms with E-state index in [1.807, 2.05) is 36.6 Å². The van der Waals surface area contributed by atoms with E-state index in [0.717, 1.165) is 16.0 Å². The van der Waals surface area contributed by atoms with E-state index < -0.39 is 0 Å². The fourth-order valence-electron chi connectivity index (χ4n) is 2.28. The minimum Gasteiger partial charge on any atom is -0.368 e. The molecule has 0 spiro atoms. The van der Waals surface area contributed by atoms with Gasteiger partial charge in [-0.15, -0.1) is 11.8 Å². The van der Waals surface area contributed by atoms with Gasteiger partial charge in [0.25, 0.3) is 0 Å². The maximum Gasteiger partial charge on any atom is 0.219 e. The zero-order valence-corrected chi connectivity index (χ0v) is 12.8. The van der Waals surface area contributed by atoms with Crippen LogP contribution >= 0.6 is 11.8 Å². The van der Waals surface area contributed by atoms with Gasteiger partial charge in [-0.05, 0) is 29.5 Å². The smallest absolute Gasteiger partial charge is 0.219 e. The number of anilines is 1. The Bertz CT molecular complexity index is 803. The van der Waals surface area contributed by atoms with Gasteiger partial charge < -0.3 is 5.73 Å². The third kappa shape index (κ3) is 2.80. The zero-order valence-electron chi connectivity index (χ0n) is 12.0. The zero-order chi connectivity index (χ0) is 15.5. The number of hydrogen-bond acceptors (Lipinski definition) is 4. The van der Waals surface area contributed by atoms with Crippen molar-refractivity contribution in [2.45, 2.75) is 4.90 Å². The van der Waals surface area contributed by atoms with Crippen molar-refractivity contribution in [3.8, 4) is 22.3 Å². The number of thioether (sulfide) groups is 1. The van der Waals surface area contributed by atoms with Crippen LogP contribution in [0.5, 0.6) is 0 Å². The van der Waals surface area contributed by atoms with E-state index in [2.05, 4.69) is 9.97 Å². The minimum atomic E-state index is -0.304. The van der Waals surface area contributed by atoms with E-state index in [1.165, 1.54) is 12.4 Å². The van der Waals surface area contributed by atoms with Crippen LogP contribution in [0.4, 0.5) is 10.3 Å². The van der Waals surface area contributed by atoms with Gasteiger partial charge in [-0.2, -0.15) is 0 Å². The molecule has 1 heterocycles. The Kier molecular flexibility index (Phi) is 4.06. The molecule has 0 saturated carbocycles. The topological polar surface area (TPSA) is 51.8 Å². The number of hydrogen-bond donors (Lipinski definition) is 1. The van der Waals surface area contributed by atoms with Gasteiger partial charge >= 0.3 is 0 Å². The lowest BCUT2D eigenvalue weighted by molar-refractivity contribution is 0.631. The van der Waals surface area contributed by atoms with E-state index in [4.69, 9.17) is 5.73 Å². The number of rotatable bonds is 3. The summed E-state index contributed by atoms with van der Waals surface area (Å²) in [4.78, 5) is 8.92. The molecule has 0 aliphatic heterocycles. The van der Waals surface area contributed by atoms with Crippen LogP contribution in [0.1, 0.15) is 0 Å². The maximum absolute atomic E-state index is 14.5. The Morgan fingerprint density at radius 1 is 0.955 bits per heavy atom. The van der Waals surface area contributed by atoms with E-state index in [1.54, 1.807) is 23.9 Å². The van der Waals surface area contributed by atoms with Crippen molar-refractivity contribution >= 4 is 17.7 Å². The first-order chi connectivity index (χ1) is 10.7. The number of nitrogens with zero attached hydrogens (tertiary/aromatic N) is 2. The summed E-state index contributed by atoms with van der Waals surface area (Å²) in [5.74, 6) is -0.128. The number of halogens is 1. The van der Waals surface area contributed by atoms with Gasteiger partial charge in [-0.3, -0.25) is 0 Å². The van der Waals surface area contributed by atoms with Crippen molar-refractivity contribution in [1.29, 1.82) is 0 Å². The molecule has 0 aliphatic rings. The van der Waals surface area contributed by atoms with Gasteiger partial charge in [0.1, 0.15) is 5.82 Å². The average molecular weight is 311 g/mol. The van der Waals surface area contributed by atoms with Crippen LogP contribution in [0, 0.1) is 5.82 Å². The number of aromatic nitrogens is 2. The van der Waals surface area contributed by atoms with E-state index in [-0.39, 0.29) is 11.8 Å². The number of nitrogens with two attached hydrogens (primary N) is 1. The molecule has 0 atom stereocenters. The van der Waals surface area contributed by atoms with Gasteiger partial charge in [0.15, 0.2) is 0 Å². The monoisotopic (exact) mass is 311 g/mol. The van der Waals surface area contributed by atoms with Crippen LogP contribution in [0.3, 0.4) is 0 Å². The quantitative estimate of drug-likeness (QED) is 0.735. The van der Waals surface area contributed by atoms with E-state index >= 15 is 0 Å². The SMILES string of the molecule is CSc1ccccc1-c1ccc(-c2cnc(N)nc2)c(F)c1. The summed E-state index contributed by atoms with van der Waals surface area (Å²) in [6.07, 6.45) is 5.06. The lowest BCUT2D eigenvalue weighted by Crippen LogP contribution is -1.95. The summed E-state index contributed by atoms with van der Waals surface area (Å²) in [6, 6.07) is 13.1. The molecule has 3 nitrogen and oxygen atoms in total. The van der Waals surface area contributed by atoms with Crippen molar-refractivity contribution in [2.24, 2.45) is 0 Å². The Hall–Kier alpha value is -2.40. The highest BCUT2D eigenvalue weighted by Gasteiger charge is 2.10. The van der Waals surface area contributed by atoms with Crippen molar-refractivity contribution in [2.75, 3.05) is 12.0 Å². The van der Waals surface area contributed by atoms with Crippen LogP contribution in [0.2, 0.25) is 0 Å². The van der Waals surface area contributed by atoms with Gasteiger partial charge in [-0.1, -0.05) is 30.3 Å². The second-order valence-corrected chi connectivity index (χ2v) is 5.57. The molecule has 22 heavy (non-hydrogen) atoms. The largest absolute Gasteiger partial charge is 0.368 e. The highest BCUT2D eigenvalue weighted by atomic mass is 32.2. The molecule has 2 N–H and O–H groups in total. The van der Waals surface area contributed by atoms with Gasteiger partial charge in [-0.25, -0.2) is 14.4 Å². The second-order valence-electron chi connectivity index (χ2n) is 4.72. The molecular weight excluding hydrogens is 297 g/mol.